The molecule has 11 heteroatoms. The van der Waals surface area contributed by atoms with Gasteiger partial charge in [0.05, 0.1) is 6.61 Å². The summed E-state index contributed by atoms with van der Waals surface area (Å²) >= 11 is 0. The Bertz CT molecular complexity index is 271. The number of aliphatic carboxylic acids is 1. The van der Waals surface area contributed by atoms with Gasteiger partial charge >= 0.3 is 5.97 Å². The second kappa shape index (κ2) is 9.38. The Morgan fingerprint density at radius 1 is 1.11 bits per heavy atom. The lowest BCUT2D eigenvalue weighted by Gasteiger charge is -2.23. The molecule has 0 radical (unpaired) electrons. The number of aliphatic hydroxyl groups is 5. The minimum Gasteiger partial charge on any atom is -0.479 e. The van der Waals surface area contributed by atoms with Crippen molar-refractivity contribution >= 4 is 11.9 Å². The summed E-state index contributed by atoms with van der Waals surface area (Å²) in [6.45, 7) is -0.843. The van der Waals surface area contributed by atoms with Gasteiger partial charge in [-0.05, 0) is 0 Å². The Balaban J connectivity index is 0. The van der Waals surface area contributed by atoms with E-state index >= 15 is 0 Å². The number of carbonyl (C=O) groups is 1. The van der Waals surface area contributed by atoms with Gasteiger partial charge in [-0.15, -0.1) is 5.10 Å². The second-order valence-corrected chi connectivity index (χ2v) is 3.07. The van der Waals surface area contributed by atoms with Crippen LogP contribution in [0.4, 0.5) is 0 Å². The molecule has 0 aliphatic heterocycles. The number of hydrazone groups is 1. The molecule has 18 heavy (non-hydrogen) atoms. The molecule has 0 fully saturated rings. The minimum atomic E-state index is -2.20. The predicted molar refractivity (Wildman–Crippen MR) is 58.7 cm³/mol. The summed E-state index contributed by atoms with van der Waals surface area (Å²) < 4.78 is 0. The van der Waals surface area contributed by atoms with Crippen molar-refractivity contribution in [3.63, 3.8) is 0 Å². The molecule has 0 amide bonds. The van der Waals surface area contributed by atoms with Gasteiger partial charge in [0.2, 0.25) is 5.96 Å². The van der Waals surface area contributed by atoms with E-state index in [4.69, 9.17) is 42.1 Å². The van der Waals surface area contributed by atoms with Crippen LogP contribution >= 0.6 is 0 Å². The monoisotopic (exact) mass is 270 g/mol. The van der Waals surface area contributed by atoms with E-state index in [1.807, 2.05) is 0 Å². The number of carboxylic acids is 1. The molecular formula is C7H18N4O7. The standard InChI is InChI=1S/C6H12O7.CH6N4/c7-1-2(8)3(9)4(10)5(11)6(12)13;2-1(3)5-4/h2-5,7-11H,1H2,(H,12,13);4H2,(H4,2,3,5)/t2-,3-,4+,5-;/m1./s1. The molecule has 0 aliphatic carbocycles. The highest BCUT2D eigenvalue weighted by Crippen LogP contribution is 2.04. The average Bonchev–Trinajstić information content (AvgIpc) is 2.35. The summed E-state index contributed by atoms with van der Waals surface area (Å²) in [5.41, 5.74) is 9.39. The third-order valence-corrected chi connectivity index (χ3v) is 1.66. The maximum atomic E-state index is 10.1. The van der Waals surface area contributed by atoms with E-state index in [0.717, 1.165) is 0 Å². The molecule has 0 aromatic heterocycles. The van der Waals surface area contributed by atoms with Gasteiger partial charge in [0.15, 0.2) is 6.10 Å². The lowest BCUT2D eigenvalue weighted by atomic mass is 10.0. The highest BCUT2D eigenvalue weighted by molar-refractivity contribution is 5.75. The van der Waals surface area contributed by atoms with Gasteiger partial charge in [0, 0.05) is 0 Å². The van der Waals surface area contributed by atoms with Gasteiger partial charge in [-0.2, -0.15) is 0 Å². The first-order valence-electron chi connectivity index (χ1n) is 4.53. The number of hydrogen-bond acceptors (Lipinski definition) is 8. The SMILES string of the molecule is NN=C(N)N.O=C(O)[C@H](O)[C@@H](O)[C@H](O)[C@H](O)CO. The maximum Gasteiger partial charge on any atom is 0.335 e. The van der Waals surface area contributed by atoms with Crippen LogP contribution in [0.1, 0.15) is 0 Å². The minimum absolute atomic E-state index is 0.0926. The average molecular weight is 270 g/mol. The Morgan fingerprint density at radius 2 is 1.50 bits per heavy atom. The maximum absolute atomic E-state index is 10.1. The van der Waals surface area contributed by atoms with Crippen molar-refractivity contribution in [2.45, 2.75) is 24.4 Å². The quantitative estimate of drug-likeness (QED) is 0.0995. The van der Waals surface area contributed by atoms with Crippen LogP contribution in [0.15, 0.2) is 5.10 Å². The molecule has 108 valence electrons. The van der Waals surface area contributed by atoms with Crippen molar-refractivity contribution in [3.05, 3.63) is 0 Å². The highest BCUT2D eigenvalue weighted by Gasteiger charge is 2.33. The first-order valence-corrected chi connectivity index (χ1v) is 4.53. The third kappa shape index (κ3) is 7.59. The zero-order valence-corrected chi connectivity index (χ0v) is 9.29. The van der Waals surface area contributed by atoms with Crippen LogP contribution in [-0.4, -0.2) is 73.6 Å². The van der Waals surface area contributed by atoms with Gasteiger partial charge in [-0.1, -0.05) is 0 Å². The Hall–Kier alpha value is -1.66. The number of nitrogens with zero attached hydrogens (tertiary/aromatic N) is 1. The Morgan fingerprint density at radius 3 is 1.72 bits per heavy atom. The van der Waals surface area contributed by atoms with Crippen LogP contribution in [0.3, 0.4) is 0 Å². The predicted octanol–water partition coefficient (Wildman–Crippen LogP) is -5.36. The molecule has 0 saturated carbocycles. The van der Waals surface area contributed by atoms with Crippen LogP contribution in [0, 0.1) is 0 Å². The largest absolute Gasteiger partial charge is 0.479 e. The zero-order valence-electron chi connectivity index (χ0n) is 9.29. The molecular weight excluding hydrogens is 252 g/mol. The van der Waals surface area contributed by atoms with E-state index in [2.05, 4.69) is 10.9 Å². The van der Waals surface area contributed by atoms with Crippen molar-refractivity contribution in [1.29, 1.82) is 0 Å². The summed E-state index contributed by atoms with van der Waals surface area (Å²) in [6, 6.07) is 0. The lowest BCUT2D eigenvalue weighted by Crippen LogP contribution is -2.48. The molecule has 4 atom stereocenters. The van der Waals surface area contributed by atoms with Gasteiger partial charge < -0.3 is 47.9 Å². The Labute approximate surface area is 102 Å². The van der Waals surface area contributed by atoms with Crippen LogP contribution in [-0.2, 0) is 4.79 Å². The van der Waals surface area contributed by atoms with Crippen LogP contribution in [0.2, 0.25) is 0 Å². The summed E-state index contributed by atoms with van der Waals surface area (Å²) in [5, 5.41) is 54.7. The molecule has 0 spiro atoms. The summed E-state index contributed by atoms with van der Waals surface area (Å²) in [6.07, 6.45) is -7.84. The van der Waals surface area contributed by atoms with Crippen molar-refractivity contribution in [3.8, 4) is 0 Å². The summed E-state index contributed by atoms with van der Waals surface area (Å²) in [4.78, 5) is 10.1. The molecule has 0 aromatic carbocycles. The number of nitrogens with two attached hydrogens (primary N) is 3. The fraction of sp³-hybridized carbons (Fsp3) is 0.714. The molecule has 0 unspecified atom stereocenters. The first kappa shape index (κ1) is 18.7. The van der Waals surface area contributed by atoms with E-state index < -0.39 is 37.0 Å². The molecule has 0 saturated heterocycles. The fourth-order valence-electron chi connectivity index (χ4n) is 0.668. The first-order chi connectivity index (χ1) is 8.18. The molecule has 0 bridgehead atoms. The fourth-order valence-corrected chi connectivity index (χ4v) is 0.668. The molecule has 0 aromatic rings. The second-order valence-electron chi connectivity index (χ2n) is 3.07. The van der Waals surface area contributed by atoms with Gasteiger partial charge in [-0.3, -0.25) is 0 Å². The van der Waals surface area contributed by atoms with Crippen LogP contribution in [0.5, 0.6) is 0 Å². The van der Waals surface area contributed by atoms with Crippen LogP contribution < -0.4 is 17.3 Å². The van der Waals surface area contributed by atoms with E-state index in [0.29, 0.717) is 0 Å². The number of rotatable bonds is 5. The molecule has 0 rings (SSSR count). The summed E-state index contributed by atoms with van der Waals surface area (Å²) in [5.74, 6) is 2.69. The van der Waals surface area contributed by atoms with E-state index in [1.54, 1.807) is 0 Å². The topological polar surface area (TPSA) is 229 Å². The summed E-state index contributed by atoms with van der Waals surface area (Å²) in [7, 11) is 0. The molecule has 12 N–H and O–H groups in total. The van der Waals surface area contributed by atoms with Crippen molar-refractivity contribution < 1.29 is 35.4 Å². The molecule has 11 nitrogen and oxygen atoms in total. The highest BCUT2D eigenvalue weighted by atomic mass is 16.4. The van der Waals surface area contributed by atoms with Gasteiger partial charge in [-0.25, -0.2) is 4.79 Å². The zero-order chi connectivity index (χ0) is 14.9. The van der Waals surface area contributed by atoms with Crippen LogP contribution in [0.25, 0.3) is 0 Å². The normalized spacial score (nSPS) is 16.5. The lowest BCUT2D eigenvalue weighted by molar-refractivity contribution is -0.164. The van der Waals surface area contributed by atoms with Gasteiger partial charge in [0.1, 0.15) is 18.3 Å². The number of guanidine groups is 1. The molecule has 0 aliphatic rings. The number of hydrogen-bond donors (Lipinski definition) is 9. The van der Waals surface area contributed by atoms with Gasteiger partial charge in [0.25, 0.3) is 0 Å². The third-order valence-electron chi connectivity index (χ3n) is 1.66. The van der Waals surface area contributed by atoms with E-state index in [-0.39, 0.29) is 5.96 Å². The molecule has 0 heterocycles. The van der Waals surface area contributed by atoms with Crippen molar-refractivity contribution in [1.82, 2.24) is 0 Å². The smallest absolute Gasteiger partial charge is 0.335 e. The van der Waals surface area contributed by atoms with E-state index in [9.17, 15) is 4.79 Å². The Kier molecular flexibility index (Phi) is 9.74. The number of carboxylic acid groups (broad SMARTS) is 1. The van der Waals surface area contributed by atoms with Crippen molar-refractivity contribution in [2.75, 3.05) is 6.61 Å². The number of aliphatic hydroxyl groups excluding tert-OH is 5. The van der Waals surface area contributed by atoms with E-state index in [1.165, 1.54) is 0 Å². The van der Waals surface area contributed by atoms with Crippen molar-refractivity contribution in [2.24, 2.45) is 22.4 Å².